The van der Waals surface area contributed by atoms with E-state index in [1.54, 1.807) is 37.3 Å². The number of amides is 6. The van der Waals surface area contributed by atoms with Crippen LogP contribution in [-0.4, -0.2) is 86.6 Å². The van der Waals surface area contributed by atoms with Crippen molar-refractivity contribution in [3.63, 3.8) is 0 Å². The standard InChI is InChI=1S/C34H48N6O8S/c1-5-29(41)37-28(20-24-14-10-7-11-15-24)34(46)40-27(19-23-12-8-6-9-13-23)32(44)36-21-30(42)38-26(18-22(2)3)33(45)39-25(31(35)43)16-17-49(4,47)48/h6-15,22,25-28H,5,16-21H2,1-4H3,(H2,35,43)(H,36,44)(H,37,41)(H,38,42)(H,39,45)(H,40,46)/t25-,26-,27-,28-/m0/s1. The molecule has 0 heterocycles. The largest absolute Gasteiger partial charge is 0.368 e. The van der Waals surface area contributed by atoms with Gasteiger partial charge in [-0.1, -0.05) is 81.4 Å². The van der Waals surface area contributed by atoms with E-state index in [2.05, 4.69) is 26.6 Å². The van der Waals surface area contributed by atoms with Crippen molar-refractivity contribution in [1.82, 2.24) is 26.6 Å². The van der Waals surface area contributed by atoms with Gasteiger partial charge in [-0.3, -0.25) is 28.8 Å². The van der Waals surface area contributed by atoms with E-state index in [1.807, 2.05) is 44.2 Å². The van der Waals surface area contributed by atoms with E-state index in [0.29, 0.717) is 0 Å². The highest BCUT2D eigenvalue weighted by atomic mass is 32.2. The number of primary amides is 1. The van der Waals surface area contributed by atoms with Gasteiger partial charge in [-0.2, -0.15) is 0 Å². The molecule has 0 unspecified atom stereocenters. The smallest absolute Gasteiger partial charge is 0.243 e. The van der Waals surface area contributed by atoms with Crippen molar-refractivity contribution in [1.29, 1.82) is 0 Å². The summed E-state index contributed by atoms with van der Waals surface area (Å²) in [5, 5.41) is 12.9. The van der Waals surface area contributed by atoms with Crippen molar-refractivity contribution in [2.24, 2.45) is 11.7 Å². The molecule has 0 radical (unpaired) electrons. The van der Waals surface area contributed by atoms with Crippen LogP contribution in [0.2, 0.25) is 0 Å². The summed E-state index contributed by atoms with van der Waals surface area (Å²) >= 11 is 0. The Morgan fingerprint density at radius 1 is 0.673 bits per heavy atom. The van der Waals surface area contributed by atoms with Gasteiger partial charge in [0.15, 0.2) is 0 Å². The zero-order valence-electron chi connectivity index (χ0n) is 28.4. The van der Waals surface area contributed by atoms with Gasteiger partial charge in [0.1, 0.15) is 34.0 Å². The molecule has 0 bridgehead atoms. The fourth-order valence-corrected chi connectivity index (χ4v) is 5.48. The van der Waals surface area contributed by atoms with Crippen molar-refractivity contribution >= 4 is 45.3 Å². The fourth-order valence-electron chi connectivity index (χ4n) is 4.82. The van der Waals surface area contributed by atoms with E-state index < -0.39 is 70.1 Å². The molecular formula is C34H48N6O8S. The minimum atomic E-state index is -3.44. The van der Waals surface area contributed by atoms with Crippen LogP contribution < -0.4 is 32.3 Å². The van der Waals surface area contributed by atoms with E-state index >= 15 is 0 Å². The van der Waals surface area contributed by atoms with Crippen molar-refractivity contribution in [2.75, 3.05) is 18.6 Å². The lowest BCUT2D eigenvalue weighted by atomic mass is 10.0. The number of carbonyl (C=O) groups excluding carboxylic acids is 6. The summed E-state index contributed by atoms with van der Waals surface area (Å²) in [5.74, 6) is -4.43. The van der Waals surface area contributed by atoms with E-state index in [-0.39, 0.29) is 49.7 Å². The van der Waals surface area contributed by atoms with Crippen LogP contribution in [0.25, 0.3) is 0 Å². The zero-order chi connectivity index (χ0) is 36.6. The Kier molecular flexibility index (Phi) is 16.4. The molecule has 268 valence electrons. The second-order valence-electron chi connectivity index (χ2n) is 12.3. The molecular weight excluding hydrogens is 652 g/mol. The summed E-state index contributed by atoms with van der Waals surface area (Å²) in [6, 6.07) is 13.5. The van der Waals surface area contributed by atoms with Gasteiger partial charge in [0.2, 0.25) is 35.4 Å². The lowest BCUT2D eigenvalue weighted by molar-refractivity contribution is -0.133. The first-order valence-electron chi connectivity index (χ1n) is 16.1. The molecule has 2 rings (SSSR count). The zero-order valence-corrected chi connectivity index (χ0v) is 29.2. The molecule has 0 spiro atoms. The summed E-state index contributed by atoms with van der Waals surface area (Å²) in [5.41, 5.74) is 6.91. The Bertz CT molecular complexity index is 1540. The van der Waals surface area contributed by atoms with Crippen LogP contribution in [0.5, 0.6) is 0 Å². The Labute approximate surface area is 287 Å². The summed E-state index contributed by atoms with van der Waals surface area (Å²) in [6.07, 6.45) is 1.35. The molecule has 0 aromatic heterocycles. The van der Waals surface area contributed by atoms with Crippen LogP contribution in [0.15, 0.2) is 60.7 Å². The highest BCUT2D eigenvalue weighted by Crippen LogP contribution is 2.09. The van der Waals surface area contributed by atoms with Gasteiger partial charge in [-0.25, -0.2) is 8.42 Å². The third-order valence-corrected chi connectivity index (χ3v) is 8.37. The molecule has 0 aliphatic heterocycles. The molecule has 6 amide bonds. The van der Waals surface area contributed by atoms with Gasteiger partial charge >= 0.3 is 0 Å². The first-order valence-corrected chi connectivity index (χ1v) is 18.2. The highest BCUT2D eigenvalue weighted by molar-refractivity contribution is 7.90. The third-order valence-electron chi connectivity index (χ3n) is 7.39. The second-order valence-corrected chi connectivity index (χ2v) is 14.5. The predicted octanol–water partition coefficient (Wildman–Crippen LogP) is -0.0967. The number of nitrogens with one attached hydrogen (secondary N) is 5. The maximum atomic E-state index is 13.5. The number of benzene rings is 2. The quantitative estimate of drug-likeness (QED) is 0.109. The molecule has 0 aliphatic carbocycles. The van der Waals surface area contributed by atoms with Gasteiger partial charge in [-0.15, -0.1) is 0 Å². The van der Waals surface area contributed by atoms with Crippen LogP contribution >= 0.6 is 0 Å². The number of hydrogen-bond acceptors (Lipinski definition) is 8. The maximum absolute atomic E-state index is 13.5. The van der Waals surface area contributed by atoms with E-state index in [9.17, 15) is 37.2 Å². The third kappa shape index (κ3) is 15.8. The molecule has 0 fully saturated rings. The Morgan fingerprint density at radius 2 is 1.14 bits per heavy atom. The minimum Gasteiger partial charge on any atom is -0.368 e. The lowest BCUT2D eigenvalue weighted by Gasteiger charge is -2.24. The van der Waals surface area contributed by atoms with Crippen LogP contribution in [0.4, 0.5) is 0 Å². The number of sulfone groups is 1. The van der Waals surface area contributed by atoms with Crippen molar-refractivity contribution in [2.45, 2.75) is 77.0 Å². The molecule has 2 aromatic carbocycles. The van der Waals surface area contributed by atoms with E-state index in [4.69, 9.17) is 5.73 Å². The second kappa shape index (κ2) is 19.9. The lowest BCUT2D eigenvalue weighted by Crippen LogP contribution is -2.57. The summed E-state index contributed by atoms with van der Waals surface area (Å²) in [4.78, 5) is 77.2. The first kappa shape index (κ1) is 40.4. The minimum absolute atomic E-state index is 0.0730. The van der Waals surface area contributed by atoms with Crippen LogP contribution in [-0.2, 0) is 51.4 Å². The number of carbonyl (C=O) groups is 6. The van der Waals surface area contributed by atoms with Gasteiger partial charge < -0.3 is 32.3 Å². The maximum Gasteiger partial charge on any atom is 0.243 e. The SMILES string of the molecule is CCC(=O)N[C@@H](Cc1ccccc1)C(=O)N[C@@H](Cc1ccccc1)C(=O)NCC(=O)N[C@@H](CC(C)C)C(=O)N[C@@H](CCS(C)(=O)=O)C(N)=O. The molecule has 15 heteroatoms. The molecule has 2 aromatic rings. The topological polar surface area (TPSA) is 223 Å². The van der Waals surface area contributed by atoms with E-state index in [0.717, 1.165) is 17.4 Å². The van der Waals surface area contributed by atoms with Crippen molar-refractivity contribution in [3.05, 3.63) is 71.8 Å². The molecule has 49 heavy (non-hydrogen) atoms. The van der Waals surface area contributed by atoms with Gasteiger partial charge in [-0.05, 0) is 29.9 Å². The normalized spacial score (nSPS) is 13.7. The molecule has 4 atom stereocenters. The molecule has 0 saturated carbocycles. The van der Waals surface area contributed by atoms with Crippen molar-refractivity contribution in [3.8, 4) is 0 Å². The number of hydrogen-bond donors (Lipinski definition) is 6. The van der Waals surface area contributed by atoms with Gasteiger partial charge in [0, 0.05) is 25.5 Å². The molecule has 0 saturated heterocycles. The Balaban J connectivity index is 2.16. The average Bonchev–Trinajstić information content (AvgIpc) is 3.04. The Hall–Kier alpha value is -4.79. The Morgan fingerprint density at radius 3 is 1.61 bits per heavy atom. The number of nitrogens with two attached hydrogens (primary N) is 1. The highest BCUT2D eigenvalue weighted by Gasteiger charge is 2.29. The van der Waals surface area contributed by atoms with E-state index in [1.165, 1.54) is 0 Å². The summed E-state index contributed by atoms with van der Waals surface area (Å²) in [6.45, 7) is 4.74. The molecule has 7 N–H and O–H groups in total. The van der Waals surface area contributed by atoms with Crippen LogP contribution in [0, 0.1) is 5.92 Å². The molecule has 14 nitrogen and oxygen atoms in total. The van der Waals surface area contributed by atoms with Gasteiger partial charge in [0.25, 0.3) is 0 Å². The average molecular weight is 701 g/mol. The number of rotatable bonds is 20. The van der Waals surface area contributed by atoms with Crippen LogP contribution in [0.3, 0.4) is 0 Å². The predicted molar refractivity (Wildman–Crippen MR) is 184 cm³/mol. The van der Waals surface area contributed by atoms with Crippen molar-refractivity contribution < 1.29 is 37.2 Å². The van der Waals surface area contributed by atoms with Gasteiger partial charge in [0.05, 0.1) is 12.3 Å². The summed E-state index contributed by atoms with van der Waals surface area (Å²) in [7, 11) is -3.44. The van der Waals surface area contributed by atoms with Crippen LogP contribution in [0.1, 0.15) is 51.2 Å². The fraction of sp³-hybridized carbons (Fsp3) is 0.471. The molecule has 0 aliphatic rings. The summed E-state index contributed by atoms with van der Waals surface area (Å²) < 4.78 is 23.1. The first-order chi connectivity index (χ1) is 23.1. The monoisotopic (exact) mass is 700 g/mol.